The molecule has 1 aromatic carbocycles. The second-order valence-corrected chi connectivity index (χ2v) is 6.70. The Hall–Kier alpha value is -1.13. The lowest BCUT2D eigenvalue weighted by molar-refractivity contribution is 0.0306. The minimum Gasteiger partial charge on any atom is -0.465 e. The van der Waals surface area contributed by atoms with Crippen molar-refractivity contribution in [3.8, 4) is 0 Å². The average molecular weight is 457 g/mol. The van der Waals surface area contributed by atoms with E-state index in [1.165, 1.54) is 11.0 Å². The minimum absolute atomic E-state index is 0.0176. The zero-order valence-corrected chi connectivity index (χ0v) is 15.1. The van der Waals surface area contributed by atoms with E-state index >= 15 is 0 Å². The van der Waals surface area contributed by atoms with E-state index in [-0.39, 0.29) is 30.2 Å². The van der Waals surface area contributed by atoms with Gasteiger partial charge in [0.15, 0.2) is 5.82 Å². The maximum absolute atomic E-state index is 14.3. The van der Waals surface area contributed by atoms with E-state index in [1.54, 1.807) is 6.92 Å². The molecule has 0 aromatic heterocycles. The first kappa shape index (κ1) is 18.2. The SMILES string of the molecule is Cc1cc(C(=O)N2CCN(C(=O)O)C[C@@H]2CO)c(F)c(Cl)c1I. The largest absolute Gasteiger partial charge is 0.465 e. The number of halogens is 3. The van der Waals surface area contributed by atoms with Gasteiger partial charge in [-0.05, 0) is 41.1 Å². The smallest absolute Gasteiger partial charge is 0.407 e. The average Bonchev–Trinajstić information content (AvgIpc) is 2.54. The van der Waals surface area contributed by atoms with E-state index in [4.69, 9.17) is 16.7 Å². The lowest BCUT2D eigenvalue weighted by Crippen LogP contribution is -2.57. The number of aliphatic hydroxyl groups is 1. The van der Waals surface area contributed by atoms with E-state index in [9.17, 15) is 19.1 Å². The number of rotatable bonds is 2. The van der Waals surface area contributed by atoms with Crippen molar-refractivity contribution in [3.63, 3.8) is 0 Å². The molecule has 1 aliphatic heterocycles. The summed E-state index contributed by atoms with van der Waals surface area (Å²) in [6.45, 7) is 1.48. The van der Waals surface area contributed by atoms with Crippen LogP contribution >= 0.6 is 34.2 Å². The molecule has 126 valence electrons. The van der Waals surface area contributed by atoms with Crippen molar-refractivity contribution in [2.75, 3.05) is 26.2 Å². The van der Waals surface area contributed by atoms with Crippen LogP contribution in [0.1, 0.15) is 15.9 Å². The van der Waals surface area contributed by atoms with Crippen LogP contribution in [0.15, 0.2) is 6.07 Å². The predicted molar refractivity (Wildman–Crippen MR) is 90.4 cm³/mol. The first-order valence-corrected chi connectivity index (χ1v) is 8.27. The van der Waals surface area contributed by atoms with Crippen molar-refractivity contribution in [1.29, 1.82) is 0 Å². The molecule has 1 heterocycles. The summed E-state index contributed by atoms with van der Waals surface area (Å²) in [7, 11) is 0. The molecule has 0 unspecified atom stereocenters. The van der Waals surface area contributed by atoms with E-state index in [2.05, 4.69) is 0 Å². The van der Waals surface area contributed by atoms with Crippen molar-refractivity contribution in [2.45, 2.75) is 13.0 Å². The van der Waals surface area contributed by atoms with Crippen LogP contribution in [0, 0.1) is 16.3 Å². The molecule has 1 atom stereocenters. The lowest BCUT2D eigenvalue weighted by Gasteiger charge is -2.39. The van der Waals surface area contributed by atoms with E-state index in [0.717, 1.165) is 4.90 Å². The van der Waals surface area contributed by atoms with Gasteiger partial charge in [-0.3, -0.25) is 4.79 Å². The summed E-state index contributed by atoms with van der Waals surface area (Å²) < 4.78 is 14.9. The maximum Gasteiger partial charge on any atom is 0.407 e. The first-order chi connectivity index (χ1) is 10.8. The van der Waals surface area contributed by atoms with Gasteiger partial charge >= 0.3 is 6.09 Å². The Bertz CT molecular complexity index is 658. The summed E-state index contributed by atoms with van der Waals surface area (Å²) >= 11 is 7.82. The molecule has 6 nitrogen and oxygen atoms in total. The molecule has 23 heavy (non-hydrogen) atoms. The normalized spacial score (nSPS) is 18.2. The number of hydrogen-bond acceptors (Lipinski definition) is 3. The van der Waals surface area contributed by atoms with Gasteiger partial charge in [-0.1, -0.05) is 11.6 Å². The van der Waals surface area contributed by atoms with Crippen molar-refractivity contribution in [3.05, 3.63) is 31.6 Å². The topological polar surface area (TPSA) is 81.1 Å². The highest BCUT2D eigenvalue weighted by Crippen LogP contribution is 2.29. The Morgan fingerprint density at radius 2 is 2.13 bits per heavy atom. The zero-order valence-electron chi connectivity index (χ0n) is 12.2. The highest BCUT2D eigenvalue weighted by Gasteiger charge is 2.34. The molecule has 0 radical (unpaired) electrons. The lowest BCUT2D eigenvalue weighted by atomic mass is 10.1. The highest BCUT2D eigenvalue weighted by molar-refractivity contribution is 14.1. The van der Waals surface area contributed by atoms with Crippen molar-refractivity contribution < 1.29 is 24.2 Å². The summed E-state index contributed by atoms with van der Waals surface area (Å²) in [6, 6.07) is 0.702. The van der Waals surface area contributed by atoms with Gasteiger partial charge in [0.25, 0.3) is 5.91 Å². The summed E-state index contributed by atoms with van der Waals surface area (Å²) in [5, 5.41) is 18.3. The number of amides is 2. The molecule has 9 heteroatoms. The minimum atomic E-state index is -1.12. The number of carbonyl (C=O) groups is 2. The van der Waals surface area contributed by atoms with Gasteiger partial charge < -0.3 is 20.0 Å². The molecule has 2 rings (SSSR count). The van der Waals surface area contributed by atoms with Crippen LogP contribution in [0.5, 0.6) is 0 Å². The van der Waals surface area contributed by atoms with Crippen LogP contribution in [0.4, 0.5) is 9.18 Å². The first-order valence-electron chi connectivity index (χ1n) is 6.81. The molecule has 2 N–H and O–H groups in total. The van der Waals surface area contributed by atoms with Gasteiger partial charge in [0.1, 0.15) is 0 Å². The molecule has 0 saturated carbocycles. The van der Waals surface area contributed by atoms with Gasteiger partial charge in [-0.25, -0.2) is 9.18 Å². The molecular formula is C14H15ClFIN2O4. The van der Waals surface area contributed by atoms with Crippen LogP contribution in [-0.4, -0.2) is 64.3 Å². The Kier molecular flexibility index (Phi) is 5.69. The molecule has 2 amide bonds. The van der Waals surface area contributed by atoms with Crippen molar-refractivity contribution >= 4 is 46.2 Å². The quantitative estimate of drug-likeness (QED) is 0.528. The van der Waals surface area contributed by atoms with Gasteiger partial charge in [-0.2, -0.15) is 0 Å². The van der Waals surface area contributed by atoms with Crippen LogP contribution in [-0.2, 0) is 0 Å². The van der Waals surface area contributed by atoms with Crippen molar-refractivity contribution in [1.82, 2.24) is 9.80 Å². The summed E-state index contributed by atoms with van der Waals surface area (Å²) in [5.74, 6) is -1.41. The fraction of sp³-hybridized carbons (Fsp3) is 0.429. The van der Waals surface area contributed by atoms with Gasteiger partial charge in [0.05, 0.1) is 23.2 Å². The van der Waals surface area contributed by atoms with Crippen LogP contribution in [0.25, 0.3) is 0 Å². The summed E-state index contributed by atoms with van der Waals surface area (Å²) in [6.07, 6.45) is -1.12. The maximum atomic E-state index is 14.3. The van der Waals surface area contributed by atoms with E-state index < -0.39 is 30.5 Å². The summed E-state index contributed by atoms with van der Waals surface area (Å²) in [4.78, 5) is 26.0. The number of carboxylic acid groups (broad SMARTS) is 1. The van der Waals surface area contributed by atoms with Crippen molar-refractivity contribution in [2.24, 2.45) is 0 Å². The van der Waals surface area contributed by atoms with E-state index in [1.807, 2.05) is 22.6 Å². The molecule has 0 aliphatic carbocycles. The molecule has 1 saturated heterocycles. The summed E-state index contributed by atoms with van der Waals surface area (Å²) in [5.41, 5.74) is 0.500. The van der Waals surface area contributed by atoms with Crippen LogP contribution in [0.3, 0.4) is 0 Å². The van der Waals surface area contributed by atoms with Crippen LogP contribution < -0.4 is 0 Å². The van der Waals surface area contributed by atoms with Gasteiger partial charge in [0, 0.05) is 23.2 Å². The van der Waals surface area contributed by atoms with E-state index in [0.29, 0.717) is 9.13 Å². The second-order valence-electron chi connectivity index (χ2n) is 5.25. The third kappa shape index (κ3) is 3.53. The zero-order chi connectivity index (χ0) is 17.3. The standard InChI is InChI=1S/C14H15ClFIN2O4/c1-7-4-9(11(16)10(15)12(7)17)13(21)19-3-2-18(14(22)23)5-8(19)6-20/h4,8,20H,2-3,5-6H2,1H3,(H,22,23)/t8-/m1/s1. The molecular weight excluding hydrogens is 442 g/mol. The molecule has 1 fully saturated rings. The fourth-order valence-corrected chi connectivity index (χ4v) is 3.14. The molecule has 1 aliphatic rings. The second kappa shape index (κ2) is 7.18. The molecule has 1 aromatic rings. The predicted octanol–water partition coefficient (Wildman–Crippen LogP) is 2.19. The highest BCUT2D eigenvalue weighted by atomic mass is 127. The number of piperazine rings is 1. The van der Waals surface area contributed by atoms with Crippen LogP contribution in [0.2, 0.25) is 5.02 Å². The Morgan fingerprint density at radius 3 is 2.70 bits per heavy atom. The fourth-order valence-electron chi connectivity index (χ4n) is 2.49. The number of benzene rings is 1. The monoisotopic (exact) mass is 456 g/mol. The Labute approximate surface area is 151 Å². The third-order valence-electron chi connectivity index (χ3n) is 3.78. The Balaban J connectivity index is 2.32. The number of aliphatic hydroxyl groups excluding tert-OH is 1. The third-order valence-corrected chi connectivity index (χ3v) is 5.85. The molecule has 0 spiro atoms. The number of aryl methyl sites for hydroxylation is 1. The van der Waals surface area contributed by atoms with Gasteiger partial charge in [-0.15, -0.1) is 0 Å². The van der Waals surface area contributed by atoms with Gasteiger partial charge in [0.2, 0.25) is 0 Å². The Morgan fingerprint density at radius 1 is 1.48 bits per heavy atom. The molecule has 0 bridgehead atoms. The number of carbonyl (C=O) groups excluding carboxylic acids is 1. The number of hydrogen-bond donors (Lipinski definition) is 2. The number of nitrogens with zero attached hydrogens (tertiary/aromatic N) is 2.